The van der Waals surface area contributed by atoms with Crippen molar-refractivity contribution in [3.05, 3.63) is 35.7 Å². The lowest BCUT2D eigenvalue weighted by atomic mass is 10.1. The van der Waals surface area contributed by atoms with E-state index in [0.29, 0.717) is 12.4 Å². The van der Waals surface area contributed by atoms with Crippen molar-refractivity contribution in [1.82, 2.24) is 10.1 Å². The minimum absolute atomic E-state index is 0.00667. The number of nitrogens with zero attached hydrogens (tertiary/aromatic N) is 2. The third-order valence-electron chi connectivity index (χ3n) is 2.45. The van der Waals surface area contributed by atoms with Crippen LogP contribution in [0.5, 0.6) is 0 Å². The fraction of sp³-hybridized carbons (Fsp3) is 0.308. The number of aromatic nitrogens is 2. The van der Waals surface area contributed by atoms with Gasteiger partial charge in [0.1, 0.15) is 6.42 Å². The van der Waals surface area contributed by atoms with Crippen molar-refractivity contribution < 1.29 is 14.1 Å². The molecule has 0 radical (unpaired) electrons. The zero-order valence-electron chi connectivity index (χ0n) is 10.3. The van der Waals surface area contributed by atoms with Gasteiger partial charge in [0.25, 0.3) is 0 Å². The van der Waals surface area contributed by atoms with Crippen LogP contribution in [0.3, 0.4) is 0 Å². The van der Waals surface area contributed by atoms with Crippen LogP contribution >= 0.6 is 0 Å². The van der Waals surface area contributed by atoms with Gasteiger partial charge in [-0.1, -0.05) is 29.4 Å². The van der Waals surface area contributed by atoms with E-state index in [1.165, 1.54) is 0 Å². The van der Waals surface area contributed by atoms with Gasteiger partial charge in [0.2, 0.25) is 11.7 Å². The fourth-order valence-electron chi connectivity index (χ4n) is 1.60. The molecule has 5 heteroatoms. The Morgan fingerprint density at radius 2 is 2.17 bits per heavy atom. The number of aryl methyl sites for hydroxylation is 1. The first kappa shape index (κ1) is 12.3. The summed E-state index contributed by atoms with van der Waals surface area (Å²) in [7, 11) is 0. The van der Waals surface area contributed by atoms with E-state index in [-0.39, 0.29) is 18.3 Å². The molecule has 2 rings (SSSR count). The summed E-state index contributed by atoms with van der Waals surface area (Å²) in [5.74, 6) is 0.400. The van der Waals surface area contributed by atoms with Gasteiger partial charge in [-0.2, -0.15) is 4.98 Å². The second-order valence-corrected chi connectivity index (χ2v) is 3.81. The smallest absolute Gasteiger partial charge is 0.315 e. The Kier molecular flexibility index (Phi) is 3.72. The summed E-state index contributed by atoms with van der Waals surface area (Å²) in [5.41, 5.74) is 1.96. The predicted molar refractivity (Wildman–Crippen MR) is 64.8 cm³/mol. The number of hydrogen-bond acceptors (Lipinski definition) is 5. The molecule has 0 aliphatic carbocycles. The van der Waals surface area contributed by atoms with Crippen molar-refractivity contribution in [3.8, 4) is 11.4 Å². The average Bonchev–Trinajstić information content (AvgIpc) is 2.78. The minimum atomic E-state index is -0.363. The zero-order valence-corrected chi connectivity index (χ0v) is 10.3. The van der Waals surface area contributed by atoms with Crippen LogP contribution in [0.4, 0.5) is 0 Å². The lowest BCUT2D eigenvalue weighted by molar-refractivity contribution is -0.142. The largest absolute Gasteiger partial charge is 0.466 e. The molecule has 1 aromatic carbocycles. The van der Waals surface area contributed by atoms with E-state index < -0.39 is 0 Å². The van der Waals surface area contributed by atoms with Gasteiger partial charge in [-0.05, 0) is 19.4 Å². The third-order valence-corrected chi connectivity index (χ3v) is 2.45. The summed E-state index contributed by atoms with van der Waals surface area (Å²) in [5, 5.41) is 3.87. The van der Waals surface area contributed by atoms with Gasteiger partial charge in [-0.3, -0.25) is 4.79 Å². The normalized spacial score (nSPS) is 10.3. The Bertz CT molecular complexity index is 549. The summed E-state index contributed by atoms with van der Waals surface area (Å²) < 4.78 is 9.85. The number of carbonyl (C=O) groups is 1. The van der Waals surface area contributed by atoms with Crippen molar-refractivity contribution in [2.24, 2.45) is 0 Å². The maximum absolute atomic E-state index is 11.3. The van der Waals surface area contributed by atoms with Gasteiger partial charge in [0, 0.05) is 5.56 Å². The van der Waals surface area contributed by atoms with Gasteiger partial charge in [0.05, 0.1) is 6.61 Å². The predicted octanol–water partition coefficient (Wildman–Crippen LogP) is 2.15. The first-order valence-corrected chi connectivity index (χ1v) is 5.75. The average molecular weight is 246 g/mol. The van der Waals surface area contributed by atoms with E-state index in [4.69, 9.17) is 9.26 Å². The molecule has 1 heterocycles. The SMILES string of the molecule is CCOC(=O)Cc1nc(-c2ccccc2C)no1. The van der Waals surface area contributed by atoms with Crippen LogP contribution in [-0.4, -0.2) is 22.7 Å². The second kappa shape index (κ2) is 5.44. The molecular formula is C13H14N2O3. The standard InChI is InChI=1S/C13H14N2O3/c1-3-17-12(16)8-11-14-13(15-18-11)10-7-5-4-6-9(10)2/h4-7H,3,8H2,1-2H3. The van der Waals surface area contributed by atoms with E-state index in [1.54, 1.807) is 6.92 Å². The molecule has 0 spiro atoms. The number of hydrogen-bond donors (Lipinski definition) is 0. The summed E-state index contributed by atoms with van der Waals surface area (Å²) >= 11 is 0. The van der Waals surface area contributed by atoms with Gasteiger partial charge >= 0.3 is 5.97 Å². The third kappa shape index (κ3) is 2.74. The molecular weight excluding hydrogens is 232 g/mol. The van der Waals surface area contributed by atoms with Crippen molar-refractivity contribution in [2.45, 2.75) is 20.3 Å². The Labute approximate surface area is 105 Å². The van der Waals surface area contributed by atoms with Crippen LogP contribution in [0, 0.1) is 6.92 Å². The molecule has 0 N–H and O–H groups in total. The lowest BCUT2D eigenvalue weighted by Crippen LogP contribution is -2.07. The Morgan fingerprint density at radius 1 is 1.39 bits per heavy atom. The number of ether oxygens (including phenoxy) is 1. The minimum Gasteiger partial charge on any atom is -0.466 e. The Hall–Kier alpha value is -2.17. The summed E-state index contributed by atoms with van der Waals surface area (Å²) in [6.07, 6.45) is 0.00667. The molecule has 0 atom stereocenters. The van der Waals surface area contributed by atoms with E-state index in [1.807, 2.05) is 31.2 Å². The van der Waals surface area contributed by atoms with Crippen molar-refractivity contribution in [2.75, 3.05) is 6.61 Å². The highest BCUT2D eigenvalue weighted by Gasteiger charge is 2.13. The van der Waals surface area contributed by atoms with E-state index in [2.05, 4.69) is 10.1 Å². The molecule has 0 aliphatic rings. The number of carbonyl (C=O) groups excluding carboxylic acids is 1. The molecule has 0 unspecified atom stereocenters. The molecule has 0 bridgehead atoms. The van der Waals surface area contributed by atoms with Crippen molar-refractivity contribution >= 4 is 5.97 Å². The highest BCUT2D eigenvalue weighted by Crippen LogP contribution is 2.19. The summed E-state index contributed by atoms with van der Waals surface area (Å²) in [6.45, 7) is 4.07. The fourth-order valence-corrected chi connectivity index (χ4v) is 1.60. The summed E-state index contributed by atoms with van der Waals surface area (Å²) in [4.78, 5) is 15.5. The van der Waals surface area contributed by atoms with E-state index >= 15 is 0 Å². The van der Waals surface area contributed by atoms with E-state index in [0.717, 1.165) is 11.1 Å². The number of esters is 1. The Morgan fingerprint density at radius 3 is 2.89 bits per heavy atom. The highest BCUT2D eigenvalue weighted by atomic mass is 16.5. The first-order valence-electron chi connectivity index (χ1n) is 5.75. The molecule has 94 valence electrons. The van der Waals surface area contributed by atoms with Crippen LogP contribution in [0.15, 0.2) is 28.8 Å². The van der Waals surface area contributed by atoms with Crippen LogP contribution in [0.1, 0.15) is 18.4 Å². The topological polar surface area (TPSA) is 65.2 Å². The van der Waals surface area contributed by atoms with Crippen LogP contribution in [0.25, 0.3) is 11.4 Å². The van der Waals surface area contributed by atoms with Gasteiger partial charge in [-0.15, -0.1) is 0 Å². The highest BCUT2D eigenvalue weighted by molar-refractivity contribution is 5.71. The first-order chi connectivity index (χ1) is 8.70. The maximum Gasteiger partial charge on any atom is 0.315 e. The maximum atomic E-state index is 11.3. The van der Waals surface area contributed by atoms with Crippen molar-refractivity contribution in [3.63, 3.8) is 0 Å². The van der Waals surface area contributed by atoms with Gasteiger partial charge in [-0.25, -0.2) is 0 Å². The zero-order chi connectivity index (χ0) is 13.0. The monoisotopic (exact) mass is 246 g/mol. The summed E-state index contributed by atoms with van der Waals surface area (Å²) in [6, 6.07) is 7.73. The van der Waals surface area contributed by atoms with Gasteiger partial charge < -0.3 is 9.26 Å². The second-order valence-electron chi connectivity index (χ2n) is 3.81. The van der Waals surface area contributed by atoms with Crippen molar-refractivity contribution in [1.29, 1.82) is 0 Å². The molecule has 0 saturated heterocycles. The lowest BCUT2D eigenvalue weighted by Gasteiger charge is -1.98. The van der Waals surface area contributed by atoms with Crippen LogP contribution in [-0.2, 0) is 16.0 Å². The van der Waals surface area contributed by atoms with Crippen LogP contribution < -0.4 is 0 Å². The molecule has 18 heavy (non-hydrogen) atoms. The quantitative estimate of drug-likeness (QED) is 0.773. The van der Waals surface area contributed by atoms with Gasteiger partial charge in [0.15, 0.2) is 0 Å². The molecule has 1 aromatic heterocycles. The number of rotatable bonds is 4. The molecule has 0 saturated carbocycles. The van der Waals surface area contributed by atoms with Crippen LogP contribution in [0.2, 0.25) is 0 Å². The Balaban J connectivity index is 2.16. The van der Waals surface area contributed by atoms with E-state index in [9.17, 15) is 4.79 Å². The molecule has 5 nitrogen and oxygen atoms in total. The molecule has 0 amide bonds. The number of benzene rings is 1. The molecule has 0 fully saturated rings. The molecule has 0 aliphatic heterocycles. The molecule has 2 aromatic rings.